The van der Waals surface area contributed by atoms with E-state index < -0.39 is 31.2 Å². The molecule has 0 aliphatic carbocycles. The first-order chi connectivity index (χ1) is 9.16. The summed E-state index contributed by atoms with van der Waals surface area (Å²) >= 11 is 0. The fourth-order valence-electron chi connectivity index (χ4n) is 1.45. The zero-order chi connectivity index (χ0) is 15.4. The Balaban J connectivity index is 2.99. The van der Waals surface area contributed by atoms with Crippen molar-refractivity contribution in [2.45, 2.75) is 29.7 Å². The molecule has 0 spiro atoms. The van der Waals surface area contributed by atoms with Gasteiger partial charge in [-0.2, -0.15) is 8.42 Å². The summed E-state index contributed by atoms with van der Waals surface area (Å²) < 4.78 is 65.8. The summed E-state index contributed by atoms with van der Waals surface area (Å²) in [6.45, 7) is 4.00. The Bertz CT molecular complexity index is 657. The van der Waals surface area contributed by atoms with Crippen LogP contribution in [-0.4, -0.2) is 36.1 Å². The van der Waals surface area contributed by atoms with E-state index in [1.807, 2.05) is 0 Å². The van der Waals surface area contributed by atoms with Gasteiger partial charge in [0, 0.05) is 12.6 Å². The van der Waals surface area contributed by atoms with Crippen molar-refractivity contribution in [3.05, 3.63) is 24.3 Å². The molecule has 1 atom stereocenters. The fraction of sp³-hybridized carbons (Fsp3) is 0.455. The van der Waals surface area contributed by atoms with Crippen LogP contribution in [0, 0.1) is 0 Å². The summed E-state index contributed by atoms with van der Waals surface area (Å²) in [7, 11) is -8.88. The van der Waals surface area contributed by atoms with Crippen molar-refractivity contribution in [2.24, 2.45) is 0 Å². The average molecular weight is 325 g/mol. The molecule has 0 bridgehead atoms. The summed E-state index contributed by atoms with van der Waals surface area (Å²) in [6, 6.07) is 3.60. The van der Waals surface area contributed by atoms with Gasteiger partial charge in [-0.25, -0.2) is 13.1 Å². The molecule has 1 aromatic carbocycles. The molecule has 0 fully saturated rings. The lowest BCUT2D eigenvalue weighted by atomic mass is 10.4. The highest BCUT2D eigenvalue weighted by Gasteiger charge is 2.20. The number of hydrogen-bond acceptors (Lipinski definition) is 5. The summed E-state index contributed by atoms with van der Waals surface area (Å²) in [4.78, 5) is -1.02. The lowest BCUT2D eigenvalue weighted by molar-refractivity contribution is 0.133. The second kappa shape index (κ2) is 6.61. The molecule has 0 saturated carbocycles. The van der Waals surface area contributed by atoms with Gasteiger partial charge in [-0.3, -0.25) is 0 Å². The smallest absolute Gasteiger partial charge is 0.332 e. The van der Waals surface area contributed by atoms with Crippen LogP contribution in [0.25, 0.3) is 0 Å². The molecule has 0 aromatic heterocycles. The molecule has 0 amide bonds. The minimum absolute atomic E-state index is 0.177. The zero-order valence-electron chi connectivity index (χ0n) is 11.0. The van der Waals surface area contributed by atoms with Gasteiger partial charge in [0.15, 0.2) is 0 Å². The number of ether oxygens (including phenoxy) is 1. The summed E-state index contributed by atoms with van der Waals surface area (Å²) in [5.74, 6) is 0. The van der Waals surface area contributed by atoms with Gasteiger partial charge in [-0.1, -0.05) is 6.07 Å². The number of halogens is 1. The van der Waals surface area contributed by atoms with E-state index in [4.69, 9.17) is 4.74 Å². The van der Waals surface area contributed by atoms with Crippen molar-refractivity contribution < 1.29 is 25.5 Å². The third-order valence-corrected chi connectivity index (χ3v) is 4.73. The number of sulfonamides is 1. The lowest BCUT2D eigenvalue weighted by Gasteiger charge is -2.14. The van der Waals surface area contributed by atoms with Gasteiger partial charge in [0.1, 0.15) is 0 Å². The van der Waals surface area contributed by atoms with Crippen LogP contribution in [0.2, 0.25) is 0 Å². The number of benzene rings is 1. The Morgan fingerprint density at radius 1 is 1.25 bits per heavy atom. The standard InChI is InChI=1S/C11H16FNO5S2/c1-3-18-8-9(2)13-20(16,17)11-6-4-5-10(7-11)19(12,14)15/h4-7,9,13H,3,8H2,1-2H3. The molecule has 1 N–H and O–H groups in total. The Kier molecular flexibility index (Phi) is 5.63. The van der Waals surface area contributed by atoms with E-state index in [0.717, 1.165) is 18.2 Å². The highest BCUT2D eigenvalue weighted by molar-refractivity contribution is 7.89. The van der Waals surface area contributed by atoms with Crippen LogP contribution in [0.1, 0.15) is 13.8 Å². The summed E-state index contributed by atoms with van der Waals surface area (Å²) in [5.41, 5.74) is 0. The van der Waals surface area contributed by atoms with E-state index in [1.165, 1.54) is 6.07 Å². The van der Waals surface area contributed by atoms with E-state index in [9.17, 15) is 20.7 Å². The first-order valence-electron chi connectivity index (χ1n) is 5.81. The normalized spacial score (nSPS) is 14.2. The Morgan fingerprint density at radius 2 is 1.85 bits per heavy atom. The van der Waals surface area contributed by atoms with Gasteiger partial charge in [0.2, 0.25) is 10.0 Å². The van der Waals surface area contributed by atoms with E-state index in [0.29, 0.717) is 6.61 Å². The van der Waals surface area contributed by atoms with Crippen molar-refractivity contribution in [1.29, 1.82) is 0 Å². The van der Waals surface area contributed by atoms with Crippen molar-refractivity contribution in [3.8, 4) is 0 Å². The molecule has 0 radical (unpaired) electrons. The molecule has 20 heavy (non-hydrogen) atoms. The minimum Gasteiger partial charge on any atom is -0.380 e. The molecule has 1 rings (SSSR count). The monoisotopic (exact) mass is 325 g/mol. The number of hydrogen-bond donors (Lipinski definition) is 1. The topological polar surface area (TPSA) is 89.5 Å². The largest absolute Gasteiger partial charge is 0.380 e. The van der Waals surface area contributed by atoms with Crippen LogP contribution in [0.15, 0.2) is 34.1 Å². The molecule has 0 aliphatic rings. The molecule has 0 heterocycles. The molecule has 0 saturated heterocycles. The Morgan fingerprint density at radius 3 is 2.40 bits per heavy atom. The van der Waals surface area contributed by atoms with Crippen LogP contribution in [0.3, 0.4) is 0 Å². The van der Waals surface area contributed by atoms with Crippen molar-refractivity contribution in [2.75, 3.05) is 13.2 Å². The van der Waals surface area contributed by atoms with Gasteiger partial charge in [-0.05, 0) is 32.0 Å². The third kappa shape index (κ3) is 4.82. The Hall–Kier alpha value is -1.03. The molecular formula is C11H16FNO5S2. The zero-order valence-corrected chi connectivity index (χ0v) is 12.7. The summed E-state index contributed by atoms with van der Waals surface area (Å²) in [5, 5.41) is 0. The van der Waals surface area contributed by atoms with E-state index in [2.05, 4.69) is 4.72 Å². The molecule has 114 valence electrons. The van der Waals surface area contributed by atoms with Crippen molar-refractivity contribution >= 4 is 20.2 Å². The van der Waals surface area contributed by atoms with Gasteiger partial charge in [-0.15, -0.1) is 3.89 Å². The minimum atomic E-state index is -4.95. The van der Waals surface area contributed by atoms with E-state index >= 15 is 0 Å². The maximum absolute atomic E-state index is 12.9. The first kappa shape index (κ1) is 17.0. The Labute approximate surface area is 118 Å². The summed E-state index contributed by atoms with van der Waals surface area (Å²) in [6.07, 6.45) is 0. The quantitative estimate of drug-likeness (QED) is 0.757. The molecule has 0 aliphatic heterocycles. The van der Waals surface area contributed by atoms with Crippen LogP contribution in [0.4, 0.5) is 3.89 Å². The molecule has 1 aromatic rings. The highest BCUT2D eigenvalue weighted by Crippen LogP contribution is 2.17. The molecule has 9 heteroatoms. The maximum atomic E-state index is 12.9. The molecule has 1 unspecified atom stereocenters. The predicted molar refractivity (Wildman–Crippen MR) is 71.0 cm³/mol. The second-order valence-corrected chi connectivity index (χ2v) is 7.16. The maximum Gasteiger partial charge on any atom is 0.332 e. The lowest BCUT2D eigenvalue weighted by Crippen LogP contribution is -2.35. The third-order valence-electron chi connectivity index (χ3n) is 2.33. The number of nitrogens with one attached hydrogen (secondary N) is 1. The highest BCUT2D eigenvalue weighted by atomic mass is 32.3. The fourth-order valence-corrected chi connectivity index (χ4v) is 3.31. The number of rotatable bonds is 7. The van der Waals surface area contributed by atoms with Crippen molar-refractivity contribution in [3.63, 3.8) is 0 Å². The van der Waals surface area contributed by atoms with Gasteiger partial charge >= 0.3 is 10.2 Å². The predicted octanol–water partition coefficient (Wildman–Crippen LogP) is 1.05. The van der Waals surface area contributed by atoms with Crippen molar-refractivity contribution in [1.82, 2.24) is 4.72 Å². The van der Waals surface area contributed by atoms with Crippen LogP contribution < -0.4 is 4.72 Å². The van der Waals surface area contributed by atoms with E-state index in [1.54, 1.807) is 13.8 Å². The van der Waals surface area contributed by atoms with Crippen LogP contribution >= 0.6 is 0 Å². The molecular weight excluding hydrogens is 309 g/mol. The van der Waals surface area contributed by atoms with Gasteiger partial charge < -0.3 is 4.74 Å². The van der Waals surface area contributed by atoms with Crippen LogP contribution in [-0.2, 0) is 25.0 Å². The van der Waals surface area contributed by atoms with Gasteiger partial charge in [0.05, 0.1) is 16.4 Å². The van der Waals surface area contributed by atoms with Crippen LogP contribution in [0.5, 0.6) is 0 Å². The molecule has 6 nitrogen and oxygen atoms in total. The SMILES string of the molecule is CCOCC(C)NS(=O)(=O)c1cccc(S(=O)(=O)F)c1. The van der Waals surface area contributed by atoms with Gasteiger partial charge in [0.25, 0.3) is 0 Å². The second-order valence-electron chi connectivity index (χ2n) is 4.09. The first-order valence-corrected chi connectivity index (χ1v) is 8.68. The van der Waals surface area contributed by atoms with E-state index in [-0.39, 0.29) is 11.5 Å². The average Bonchev–Trinajstić information content (AvgIpc) is 2.35.